The fourth-order valence-corrected chi connectivity index (χ4v) is 6.22. The first-order chi connectivity index (χ1) is 22.7. The van der Waals surface area contributed by atoms with Crippen molar-refractivity contribution in [2.24, 2.45) is 0 Å². The second-order valence-electron chi connectivity index (χ2n) is 10.3. The van der Waals surface area contributed by atoms with Gasteiger partial charge >= 0.3 is 0 Å². The molecule has 0 radical (unpaired) electrons. The summed E-state index contributed by atoms with van der Waals surface area (Å²) in [6.07, 6.45) is 1.44. The first-order valence-electron chi connectivity index (χ1n) is 14.4. The Balaban J connectivity index is 1.35. The van der Waals surface area contributed by atoms with E-state index >= 15 is 0 Å². The highest BCUT2D eigenvalue weighted by Gasteiger charge is 2.23. The van der Waals surface area contributed by atoms with E-state index in [9.17, 15) is 14.4 Å². The van der Waals surface area contributed by atoms with Crippen molar-refractivity contribution in [1.82, 2.24) is 5.32 Å². The third kappa shape index (κ3) is 9.05. The van der Waals surface area contributed by atoms with E-state index in [1.54, 1.807) is 72.8 Å². The van der Waals surface area contributed by atoms with Crippen molar-refractivity contribution >= 4 is 81.7 Å². The van der Waals surface area contributed by atoms with Gasteiger partial charge in [0, 0.05) is 42.5 Å². The number of carbonyl (C=O) groups excluding carboxylic acids is 3. The van der Waals surface area contributed by atoms with E-state index < -0.39 is 17.1 Å². The standard InChI is InChI=1S/C37H28Cl3N3O3S/c1-23-15-16-26(38)21-32(23)42-37(46)34(24-9-4-2-5-10-24)47-28-19-17-27(18-20-28)41-36(45)33(22-29-30(39)13-8-14-31(29)40)43-35(44)25-11-6-3-7-12-25/h2-22,34H,1H3,(H,41,45)(H,42,46)(H,43,44)/b33-22-. The highest BCUT2D eigenvalue weighted by Crippen LogP contribution is 2.37. The number of thioether (sulfide) groups is 1. The Morgan fingerprint density at radius 1 is 0.723 bits per heavy atom. The fraction of sp³-hybridized carbons (Fsp3) is 0.0541. The zero-order valence-electron chi connectivity index (χ0n) is 25.0. The molecular weight excluding hydrogens is 673 g/mol. The van der Waals surface area contributed by atoms with Crippen molar-refractivity contribution in [3.05, 3.63) is 164 Å². The Kier molecular flexibility index (Phi) is 11.4. The Bertz CT molecular complexity index is 1920. The second-order valence-corrected chi connectivity index (χ2v) is 12.8. The summed E-state index contributed by atoms with van der Waals surface area (Å²) in [5, 5.41) is 9.13. The van der Waals surface area contributed by atoms with Crippen LogP contribution in [0.2, 0.25) is 15.1 Å². The van der Waals surface area contributed by atoms with Crippen LogP contribution in [0.25, 0.3) is 6.08 Å². The Hall–Kier alpha value is -4.53. The molecule has 0 bridgehead atoms. The first-order valence-corrected chi connectivity index (χ1v) is 16.4. The van der Waals surface area contributed by atoms with E-state index in [0.717, 1.165) is 16.0 Å². The van der Waals surface area contributed by atoms with Gasteiger partial charge in [-0.3, -0.25) is 14.4 Å². The molecule has 0 spiro atoms. The smallest absolute Gasteiger partial charge is 0.272 e. The molecule has 3 N–H and O–H groups in total. The van der Waals surface area contributed by atoms with Crippen LogP contribution >= 0.6 is 46.6 Å². The third-order valence-electron chi connectivity index (χ3n) is 6.98. The molecule has 5 aromatic rings. The van der Waals surface area contributed by atoms with E-state index in [-0.39, 0.29) is 11.6 Å². The minimum atomic E-state index is -0.580. The van der Waals surface area contributed by atoms with Gasteiger partial charge in [-0.1, -0.05) is 95.5 Å². The predicted octanol–water partition coefficient (Wildman–Crippen LogP) is 9.84. The van der Waals surface area contributed by atoms with E-state index in [1.165, 1.54) is 17.8 Å². The molecular formula is C37H28Cl3N3O3S. The van der Waals surface area contributed by atoms with Crippen LogP contribution in [0.5, 0.6) is 0 Å². The summed E-state index contributed by atoms with van der Waals surface area (Å²) < 4.78 is 0. The average molecular weight is 701 g/mol. The zero-order valence-corrected chi connectivity index (χ0v) is 28.1. The SMILES string of the molecule is Cc1ccc(Cl)cc1NC(=O)C(Sc1ccc(NC(=O)/C(=C/c2c(Cl)cccc2Cl)NC(=O)c2ccccc2)cc1)c1ccccc1. The van der Waals surface area contributed by atoms with E-state index in [2.05, 4.69) is 16.0 Å². The highest BCUT2D eigenvalue weighted by molar-refractivity contribution is 8.00. The molecule has 0 saturated carbocycles. The molecule has 0 aromatic heterocycles. The predicted molar refractivity (Wildman–Crippen MR) is 193 cm³/mol. The summed E-state index contributed by atoms with van der Waals surface area (Å²) >= 11 is 20.3. The van der Waals surface area contributed by atoms with Crippen LogP contribution in [0.1, 0.15) is 32.3 Å². The minimum Gasteiger partial charge on any atom is -0.325 e. The van der Waals surface area contributed by atoms with Gasteiger partial charge in [0.2, 0.25) is 5.91 Å². The number of carbonyl (C=O) groups is 3. The molecule has 47 heavy (non-hydrogen) atoms. The molecule has 0 saturated heterocycles. The van der Waals surface area contributed by atoms with E-state index in [0.29, 0.717) is 37.6 Å². The quantitative estimate of drug-likeness (QED) is 0.100. The van der Waals surface area contributed by atoms with Gasteiger partial charge < -0.3 is 16.0 Å². The number of anilines is 2. The molecule has 3 amide bonds. The number of hydrogen-bond donors (Lipinski definition) is 3. The molecule has 0 heterocycles. The first kappa shape index (κ1) is 33.8. The summed E-state index contributed by atoms with van der Waals surface area (Å²) in [5.74, 6) is -1.25. The molecule has 1 atom stereocenters. The van der Waals surface area contributed by atoms with Crippen LogP contribution in [-0.2, 0) is 9.59 Å². The topological polar surface area (TPSA) is 87.3 Å². The monoisotopic (exact) mass is 699 g/mol. The Morgan fingerprint density at radius 3 is 2.02 bits per heavy atom. The van der Waals surface area contributed by atoms with Crippen LogP contribution in [0.4, 0.5) is 11.4 Å². The maximum absolute atomic E-state index is 13.6. The lowest BCUT2D eigenvalue weighted by Gasteiger charge is -2.18. The number of rotatable bonds is 10. The Labute approximate surface area is 292 Å². The number of nitrogens with one attached hydrogen (secondary N) is 3. The number of amides is 3. The molecule has 0 aliphatic carbocycles. The molecule has 0 aliphatic rings. The van der Waals surface area contributed by atoms with E-state index in [4.69, 9.17) is 34.8 Å². The van der Waals surface area contributed by atoms with Crippen LogP contribution in [0.15, 0.2) is 132 Å². The second kappa shape index (κ2) is 15.8. The van der Waals surface area contributed by atoms with Gasteiger partial charge in [-0.25, -0.2) is 0 Å². The Morgan fingerprint density at radius 2 is 1.36 bits per heavy atom. The molecule has 0 fully saturated rings. The molecule has 6 nitrogen and oxygen atoms in total. The van der Waals surface area contributed by atoms with Gasteiger partial charge in [0.05, 0.1) is 0 Å². The molecule has 236 valence electrons. The van der Waals surface area contributed by atoms with Crippen LogP contribution in [0, 0.1) is 6.92 Å². The number of aryl methyl sites for hydroxylation is 1. The van der Waals surface area contributed by atoms with Crippen molar-refractivity contribution < 1.29 is 14.4 Å². The minimum absolute atomic E-state index is 0.0515. The van der Waals surface area contributed by atoms with Gasteiger partial charge in [-0.2, -0.15) is 0 Å². The molecule has 0 aliphatic heterocycles. The third-order valence-corrected chi connectivity index (χ3v) is 9.14. The maximum Gasteiger partial charge on any atom is 0.272 e. The number of hydrogen-bond acceptors (Lipinski definition) is 4. The van der Waals surface area contributed by atoms with Crippen molar-refractivity contribution in [3.8, 4) is 0 Å². The van der Waals surface area contributed by atoms with Gasteiger partial charge in [0.1, 0.15) is 10.9 Å². The molecule has 5 rings (SSSR count). The molecule has 1 unspecified atom stereocenters. The number of halogens is 3. The van der Waals surface area contributed by atoms with Gasteiger partial charge in [-0.15, -0.1) is 11.8 Å². The normalized spacial score (nSPS) is 11.8. The lowest BCUT2D eigenvalue weighted by molar-refractivity contribution is -0.116. The molecule has 10 heteroatoms. The average Bonchev–Trinajstić information content (AvgIpc) is 3.07. The zero-order chi connectivity index (χ0) is 33.3. The van der Waals surface area contributed by atoms with Crippen molar-refractivity contribution in [2.75, 3.05) is 10.6 Å². The van der Waals surface area contributed by atoms with E-state index in [1.807, 2.05) is 55.5 Å². The summed E-state index contributed by atoms with van der Waals surface area (Å²) in [6.45, 7) is 1.90. The fourth-order valence-electron chi connectivity index (χ4n) is 4.51. The van der Waals surface area contributed by atoms with Gasteiger partial charge in [0.15, 0.2) is 0 Å². The van der Waals surface area contributed by atoms with Crippen molar-refractivity contribution in [1.29, 1.82) is 0 Å². The lowest BCUT2D eigenvalue weighted by atomic mass is 10.1. The van der Waals surface area contributed by atoms with Crippen LogP contribution in [-0.4, -0.2) is 17.7 Å². The summed E-state index contributed by atoms with van der Waals surface area (Å²) in [7, 11) is 0. The van der Waals surface area contributed by atoms with Crippen LogP contribution in [0.3, 0.4) is 0 Å². The van der Waals surface area contributed by atoms with Crippen LogP contribution < -0.4 is 16.0 Å². The largest absolute Gasteiger partial charge is 0.325 e. The summed E-state index contributed by atoms with van der Waals surface area (Å²) in [5.41, 5.74) is 3.55. The lowest BCUT2D eigenvalue weighted by Crippen LogP contribution is -2.30. The highest BCUT2D eigenvalue weighted by atomic mass is 35.5. The summed E-state index contributed by atoms with van der Waals surface area (Å²) in [6, 6.07) is 35.4. The maximum atomic E-state index is 13.6. The van der Waals surface area contributed by atoms with Gasteiger partial charge in [0.25, 0.3) is 11.8 Å². The van der Waals surface area contributed by atoms with Crippen molar-refractivity contribution in [3.63, 3.8) is 0 Å². The molecule has 5 aromatic carbocycles. The van der Waals surface area contributed by atoms with Gasteiger partial charge in [-0.05, 0) is 84.8 Å². The van der Waals surface area contributed by atoms with Crippen molar-refractivity contribution in [2.45, 2.75) is 17.1 Å². The summed E-state index contributed by atoms with van der Waals surface area (Å²) in [4.78, 5) is 40.9. The number of benzene rings is 5.